The van der Waals surface area contributed by atoms with Crippen LogP contribution in [0.4, 0.5) is 11.4 Å². The van der Waals surface area contributed by atoms with Crippen molar-refractivity contribution in [2.75, 3.05) is 10.3 Å². The van der Waals surface area contributed by atoms with E-state index < -0.39 is 17.7 Å². The molecular formula is C17H15N3O3. The maximum atomic E-state index is 12.5. The SMILES string of the molecule is CC1=NN(c2ccccc2)C(=O)C1C(=O)Nc1cccc(O)c1. The van der Waals surface area contributed by atoms with Gasteiger partial charge in [-0.05, 0) is 31.2 Å². The summed E-state index contributed by atoms with van der Waals surface area (Å²) < 4.78 is 0. The minimum atomic E-state index is -0.974. The van der Waals surface area contributed by atoms with Crippen LogP contribution in [0.5, 0.6) is 5.75 Å². The third kappa shape index (κ3) is 2.91. The maximum Gasteiger partial charge on any atom is 0.265 e. The molecule has 0 saturated heterocycles. The van der Waals surface area contributed by atoms with Crippen LogP contribution in [0.15, 0.2) is 59.7 Å². The third-order valence-electron chi connectivity index (χ3n) is 3.51. The molecule has 0 aliphatic carbocycles. The van der Waals surface area contributed by atoms with Crippen LogP contribution in [0.1, 0.15) is 6.92 Å². The largest absolute Gasteiger partial charge is 0.508 e. The average molecular weight is 309 g/mol. The lowest BCUT2D eigenvalue weighted by Crippen LogP contribution is -2.36. The highest BCUT2D eigenvalue weighted by Crippen LogP contribution is 2.25. The number of nitrogens with one attached hydrogen (secondary N) is 1. The van der Waals surface area contributed by atoms with Crippen LogP contribution in [-0.4, -0.2) is 22.6 Å². The van der Waals surface area contributed by atoms with Crippen molar-refractivity contribution in [1.82, 2.24) is 0 Å². The number of benzene rings is 2. The van der Waals surface area contributed by atoms with Crippen LogP contribution in [0.2, 0.25) is 0 Å². The van der Waals surface area contributed by atoms with E-state index in [1.165, 1.54) is 17.1 Å². The molecule has 3 rings (SSSR count). The zero-order valence-corrected chi connectivity index (χ0v) is 12.4. The highest BCUT2D eigenvalue weighted by molar-refractivity contribution is 6.28. The lowest BCUT2D eigenvalue weighted by Gasteiger charge is -2.14. The number of phenolic OH excluding ortho intramolecular Hbond substituents is 1. The Bertz CT molecular complexity index is 787. The monoisotopic (exact) mass is 309 g/mol. The molecule has 2 N–H and O–H groups in total. The first-order chi connectivity index (χ1) is 11.1. The van der Waals surface area contributed by atoms with Gasteiger partial charge in [-0.2, -0.15) is 10.1 Å². The Morgan fingerprint density at radius 1 is 1.17 bits per heavy atom. The quantitative estimate of drug-likeness (QED) is 0.854. The van der Waals surface area contributed by atoms with Crippen LogP contribution in [0.25, 0.3) is 0 Å². The molecule has 116 valence electrons. The van der Waals surface area contributed by atoms with E-state index in [1.807, 2.05) is 6.07 Å². The molecule has 2 amide bonds. The van der Waals surface area contributed by atoms with Gasteiger partial charge in [0.2, 0.25) is 5.91 Å². The number of rotatable bonds is 3. The number of hydrogen-bond acceptors (Lipinski definition) is 4. The van der Waals surface area contributed by atoms with E-state index in [0.717, 1.165) is 0 Å². The smallest absolute Gasteiger partial charge is 0.265 e. The molecule has 0 spiro atoms. The van der Waals surface area contributed by atoms with Gasteiger partial charge >= 0.3 is 0 Å². The molecule has 1 aliphatic heterocycles. The van der Waals surface area contributed by atoms with Gasteiger partial charge in [0.15, 0.2) is 5.92 Å². The Labute approximate surface area is 133 Å². The molecule has 0 radical (unpaired) electrons. The van der Waals surface area contributed by atoms with Gasteiger partial charge in [-0.3, -0.25) is 9.59 Å². The van der Waals surface area contributed by atoms with Crippen molar-refractivity contribution in [3.05, 3.63) is 54.6 Å². The summed E-state index contributed by atoms with van der Waals surface area (Å²) in [7, 11) is 0. The first-order valence-electron chi connectivity index (χ1n) is 7.10. The predicted octanol–water partition coefficient (Wildman–Crippen LogP) is 2.37. The van der Waals surface area contributed by atoms with Gasteiger partial charge in [-0.1, -0.05) is 24.3 Å². The Morgan fingerprint density at radius 2 is 1.91 bits per heavy atom. The van der Waals surface area contributed by atoms with Crippen molar-refractivity contribution in [2.45, 2.75) is 6.92 Å². The number of hydrazone groups is 1. The van der Waals surface area contributed by atoms with Crippen molar-refractivity contribution in [2.24, 2.45) is 11.0 Å². The zero-order valence-electron chi connectivity index (χ0n) is 12.4. The molecule has 0 aromatic heterocycles. The Balaban J connectivity index is 1.80. The summed E-state index contributed by atoms with van der Waals surface area (Å²) in [6.07, 6.45) is 0. The molecular weight excluding hydrogens is 294 g/mol. The summed E-state index contributed by atoms with van der Waals surface area (Å²) in [6, 6.07) is 15.1. The first kappa shape index (κ1) is 14.8. The van der Waals surface area contributed by atoms with Crippen LogP contribution in [0, 0.1) is 5.92 Å². The summed E-state index contributed by atoms with van der Waals surface area (Å²) in [5, 5.41) is 17.5. The van der Waals surface area contributed by atoms with Crippen molar-refractivity contribution >= 4 is 28.9 Å². The van der Waals surface area contributed by atoms with E-state index in [4.69, 9.17) is 0 Å². The predicted molar refractivity (Wildman–Crippen MR) is 87.3 cm³/mol. The number of hydrogen-bond donors (Lipinski definition) is 2. The molecule has 2 aromatic carbocycles. The number of nitrogens with zero attached hydrogens (tertiary/aromatic N) is 2. The van der Waals surface area contributed by atoms with Gasteiger partial charge in [-0.15, -0.1) is 0 Å². The van der Waals surface area contributed by atoms with Gasteiger partial charge < -0.3 is 10.4 Å². The minimum Gasteiger partial charge on any atom is -0.508 e. The zero-order chi connectivity index (χ0) is 16.4. The van der Waals surface area contributed by atoms with Crippen molar-refractivity contribution in [1.29, 1.82) is 0 Å². The van der Waals surface area contributed by atoms with Gasteiger partial charge in [-0.25, -0.2) is 0 Å². The molecule has 6 nitrogen and oxygen atoms in total. The third-order valence-corrected chi connectivity index (χ3v) is 3.51. The average Bonchev–Trinajstić information content (AvgIpc) is 2.83. The number of para-hydroxylation sites is 1. The molecule has 0 fully saturated rings. The second kappa shape index (κ2) is 5.92. The lowest BCUT2D eigenvalue weighted by molar-refractivity contribution is -0.127. The Kier molecular flexibility index (Phi) is 3.80. The fourth-order valence-electron chi connectivity index (χ4n) is 2.42. The van der Waals surface area contributed by atoms with Crippen LogP contribution < -0.4 is 10.3 Å². The van der Waals surface area contributed by atoms with Crippen molar-refractivity contribution in [3.8, 4) is 5.75 Å². The standard InChI is InChI=1S/C17H15N3O3/c1-11-15(16(22)18-12-6-5-9-14(21)10-12)17(23)20(19-11)13-7-3-2-4-8-13/h2-10,15,21H,1H3,(H,18,22). The molecule has 1 atom stereocenters. The van der Waals surface area contributed by atoms with E-state index >= 15 is 0 Å². The van der Waals surface area contributed by atoms with Crippen molar-refractivity contribution < 1.29 is 14.7 Å². The van der Waals surface area contributed by atoms with Crippen LogP contribution in [0.3, 0.4) is 0 Å². The van der Waals surface area contributed by atoms with Crippen molar-refractivity contribution in [3.63, 3.8) is 0 Å². The summed E-state index contributed by atoms with van der Waals surface area (Å²) >= 11 is 0. The number of carbonyl (C=O) groups is 2. The second-order valence-electron chi connectivity index (χ2n) is 5.20. The highest BCUT2D eigenvalue weighted by atomic mass is 16.3. The van der Waals surface area contributed by atoms with Gasteiger partial charge in [0.05, 0.1) is 11.4 Å². The van der Waals surface area contributed by atoms with E-state index in [9.17, 15) is 14.7 Å². The molecule has 6 heteroatoms. The second-order valence-corrected chi connectivity index (χ2v) is 5.20. The van der Waals surface area contributed by atoms with Crippen LogP contribution >= 0.6 is 0 Å². The minimum absolute atomic E-state index is 0.0387. The molecule has 1 aliphatic rings. The molecule has 23 heavy (non-hydrogen) atoms. The van der Waals surface area contributed by atoms with Crippen LogP contribution in [-0.2, 0) is 9.59 Å². The topological polar surface area (TPSA) is 82.0 Å². The highest BCUT2D eigenvalue weighted by Gasteiger charge is 2.39. The van der Waals surface area contributed by atoms with E-state index in [2.05, 4.69) is 10.4 Å². The number of phenols is 1. The summed E-state index contributed by atoms with van der Waals surface area (Å²) in [5.41, 5.74) is 1.47. The number of amides is 2. The number of carbonyl (C=O) groups excluding carboxylic acids is 2. The number of aromatic hydroxyl groups is 1. The molecule has 1 unspecified atom stereocenters. The number of anilines is 2. The normalized spacial score (nSPS) is 17.1. The maximum absolute atomic E-state index is 12.5. The van der Waals surface area contributed by atoms with E-state index in [-0.39, 0.29) is 5.75 Å². The molecule has 1 heterocycles. The Morgan fingerprint density at radius 3 is 2.61 bits per heavy atom. The molecule has 2 aromatic rings. The molecule has 0 saturated carbocycles. The van der Waals surface area contributed by atoms with E-state index in [0.29, 0.717) is 17.1 Å². The fourth-order valence-corrected chi connectivity index (χ4v) is 2.42. The van der Waals surface area contributed by atoms with Gasteiger partial charge in [0, 0.05) is 11.8 Å². The summed E-state index contributed by atoms with van der Waals surface area (Å²) in [5.74, 6) is -1.80. The van der Waals surface area contributed by atoms with E-state index in [1.54, 1.807) is 43.3 Å². The first-order valence-corrected chi connectivity index (χ1v) is 7.10. The Hall–Kier alpha value is -3.15. The van der Waals surface area contributed by atoms with Gasteiger partial charge in [0.25, 0.3) is 5.91 Å². The fraction of sp³-hybridized carbons (Fsp3) is 0.118. The van der Waals surface area contributed by atoms with Gasteiger partial charge in [0.1, 0.15) is 5.75 Å². The lowest BCUT2D eigenvalue weighted by atomic mass is 10.0. The summed E-state index contributed by atoms with van der Waals surface area (Å²) in [6.45, 7) is 1.65. The molecule has 0 bridgehead atoms. The summed E-state index contributed by atoms with van der Waals surface area (Å²) in [4.78, 5) is 24.9.